The summed E-state index contributed by atoms with van der Waals surface area (Å²) < 4.78 is 22.8. The van der Waals surface area contributed by atoms with Crippen LogP contribution in [0.2, 0.25) is 0 Å². The summed E-state index contributed by atoms with van der Waals surface area (Å²) in [6.45, 7) is 0.370. The van der Waals surface area contributed by atoms with Crippen LogP contribution in [0.1, 0.15) is 6.42 Å². The van der Waals surface area contributed by atoms with E-state index in [1.807, 2.05) is 0 Å². The molecule has 7 nitrogen and oxygen atoms in total. The van der Waals surface area contributed by atoms with Crippen LogP contribution in [0.25, 0.3) is 0 Å². The largest absolute Gasteiger partial charge is 0.353 e. The molecule has 18 heavy (non-hydrogen) atoms. The van der Waals surface area contributed by atoms with Gasteiger partial charge in [0.1, 0.15) is 6.04 Å². The number of piperazine rings is 1. The van der Waals surface area contributed by atoms with Crippen molar-refractivity contribution in [3.63, 3.8) is 0 Å². The molecule has 0 spiro atoms. The van der Waals surface area contributed by atoms with Gasteiger partial charge in [-0.15, -0.1) is 0 Å². The lowest BCUT2D eigenvalue weighted by Crippen LogP contribution is -2.59. The monoisotopic (exact) mass is 275 g/mol. The van der Waals surface area contributed by atoms with Crippen molar-refractivity contribution in [2.24, 2.45) is 0 Å². The van der Waals surface area contributed by atoms with Crippen LogP contribution in [0.4, 0.5) is 0 Å². The zero-order valence-electron chi connectivity index (χ0n) is 10.2. The van der Waals surface area contributed by atoms with Gasteiger partial charge < -0.3 is 10.2 Å². The summed E-state index contributed by atoms with van der Waals surface area (Å²) in [6, 6.07) is -0.710. The van der Waals surface area contributed by atoms with Crippen LogP contribution >= 0.6 is 0 Å². The lowest BCUT2D eigenvalue weighted by molar-refractivity contribution is -0.135. The molecule has 0 aromatic carbocycles. The highest BCUT2D eigenvalue weighted by molar-refractivity contribution is 7.91. The molecule has 2 atom stereocenters. The van der Waals surface area contributed by atoms with Gasteiger partial charge in [0.25, 0.3) is 0 Å². The highest BCUT2D eigenvalue weighted by Gasteiger charge is 2.35. The minimum absolute atomic E-state index is 0.0360. The van der Waals surface area contributed by atoms with Gasteiger partial charge >= 0.3 is 0 Å². The van der Waals surface area contributed by atoms with Crippen molar-refractivity contribution in [1.29, 1.82) is 0 Å². The van der Waals surface area contributed by atoms with E-state index in [4.69, 9.17) is 0 Å². The number of rotatable bonds is 2. The lowest BCUT2D eigenvalue weighted by atomic mass is 10.1. The predicted octanol–water partition coefficient (Wildman–Crippen LogP) is -2.28. The Bertz CT molecular complexity index is 452. The summed E-state index contributed by atoms with van der Waals surface area (Å²) in [5, 5.41) is 5.45. The third-order valence-electron chi connectivity index (χ3n) is 3.41. The standard InChI is InChI=1S/C10H17N3O4S/c1-13(7-2-3-18(16,17)6-7)10(15)8-4-12-9(14)5-11-8/h7-8,11H,2-6H2,1H3,(H,12,14). The van der Waals surface area contributed by atoms with Gasteiger partial charge in [0, 0.05) is 19.6 Å². The van der Waals surface area contributed by atoms with Crippen molar-refractivity contribution in [2.75, 3.05) is 31.6 Å². The summed E-state index contributed by atoms with van der Waals surface area (Å²) in [5.41, 5.74) is 0. The Morgan fingerprint density at radius 1 is 1.44 bits per heavy atom. The first-order valence-electron chi connectivity index (χ1n) is 5.86. The molecule has 2 rings (SSSR count). The van der Waals surface area contributed by atoms with Crippen LogP contribution in [-0.4, -0.2) is 68.9 Å². The quantitative estimate of drug-likeness (QED) is 0.592. The van der Waals surface area contributed by atoms with E-state index < -0.39 is 15.9 Å². The molecule has 8 heteroatoms. The fraction of sp³-hybridized carbons (Fsp3) is 0.800. The predicted molar refractivity (Wildman–Crippen MR) is 64.6 cm³/mol. The van der Waals surface area contributed by atoms with Gasteiger partial charge in [-0.1, -0.05) is 0 Å². The maximum atomic E-state index is 12.1. The first-order valence-corrected chi connectivity index (χ1v) is 7.68. The van der Waals surface area contributed by atoms with E-state index in [-0.39, 0.29) is 42.5 Å². The Hall–Kier alpha value is -1.15. The first kappa shape index (κ1) is 13.3. The van der Waals surface area contributed by atoms with Crippen molar-refractivity contribution in [1.82, 2.24) is 15.5 Å². The van der Waals surface area contributed by atoms with Crippen molar-refractivity contribution in [3.05, 3.63) is 0 Å². The van der Waals surface area contributed by atoms with Crippen LogP contribution < -0.4 is 10.6 Å². The molecular weight excluding hydrogens is 258 g/mol. The second kappa shape index (κ2) is 4.85. The molecule has 2 saturated heterocycles. The van der Waals surface area contributed by atoms with Gasteiger partial charge in [0.15, 0.2) is 9.84 Å². The van der Waals surface area contributed by atoms with Gasteiger partial charge in [-0.3, -0.25) is 14.9 Å². The average molecular weight is 275 g/mol. The minimum atomic E-state index is -3.00. The fourth-order valence-corrected chi connectivity index (χ4v) is 4.02. The number of sulfone groups is 1. The smallest absolute Gasteiger partial charge is 0.241 e. The van der Waals surface area contributed by atoms with E-state index in [1.54, 1.807) is 7.05 Å². The Labute approximate surface area is 106 Å². The Morgan fingerprint density at radius 3 is 2.67 bits per heavy atom. The van der Waals surface area contributed by atoms with Crippen LogP contribution in [0.3, 0.4) is 0 Å². The Balaban J connectivity index is 1.95. The van der Waals surface area contributed by atoms with Crippen molar-refractivity contribution >= 4 is 21.7 Å². The number of amides is 2. The molecule has 2 heterocycles. The van der Waals surface area contributed by atoms with E-state index >= 15 is 0 Å². The highest BCUT2D eigenvalue weighted by atomic mass is 32.2. The molecule has 2 fully saturated rings. The molecule has 0 aromatic rings. The van der Waals surface area contributed by atoms with Crippen LogP contribution in [0, 0.1) is 0 Å². The molecular formula is C10H17N3O4S. The third-order valence-corrected chi connectivity index (χ3v) is 5.16. The maximum Gasteiger partial charge on any atom is 0.241 e. The summed E-state index contributed by atoms with van der Waals surface area (Å²) in [5.74, 6) is -0.124. The van der Waals surface area contributed by atoms with Gasteiger partial charge in [0.2, 0.25) is 11.8 Å². The van der Waals surface area contributed by atoms with Gasteiger partial charge in [-0.25, -0.2) is 8.42 Å². The number of hydrogen-bond donors (Lipinski definition) is 2. The van der Waals surface area contributed by atoms with E-state index in [1.165, 1.54) is 4.90 Å². The molecule has 0 radical (unpaired) electrons. The van der Waals surface area contributed by atoms with Crippen molar-refractivity contribution in [3.8, 4) is 0 Å². The van der Waals surface area contributed by atoms with E-state index in [0.29, 0.717) is 6.42 Å². The number of hydrogen-bond acceptors (Lipinski definition) is 5. The zero-order chi connectivity index (χ0) is 13.3. The molecule has 2 aliphatic rings. The van der Waals surface area contributed by atoms with Gasteiger partial charge in [-0.2, -0.15) is 0 Å². The topological polar surface area (TPSA) is 95.6 Å². The summed E-state index contributed by atoms with van der Waals surface area (Å²) >= 11 is 0. The van der Waals surface area contributed by atoms with Crippen LogP contribution in [-0.2, 0) is 19.4 Å². The van der Waals surface area contributed by atoms with Gasteiger partial charge in [0.05, 0.1) is 18.1 Å². The molecule has 0 saturated carbocycles. The molecule has 0 bridgehead atoms. The number of carbonyl (C=O) groups is 2. The molecule has 2 aliphatic heterocycles. The van der Waals surface area contributed by atoms with Crippen molar-refractivity contribution in [2.45, 2.75) is 18.5 Å². The SMILES string of the molecule is CN(C(=O)C1CNC(=O)CN1)C1CCS(=O)(=O)C1. The number of nitrogens with zero attached hydrogens (tertiary/aromatic N) is 1. The maximum absolute atomic E-state index is 12.1. The van der Waals surface area contributed by atoms with E-state index in [2.05, 4.69) is 10.6 Å². The van der Waals surface area contributed by atoms with Gasteiger partial charge in [-0.05, 0) is 6.42 Å². The fourth-order valence-electron chi connectivity index (χ4n) is 2.25. The molecule has 0 aliphatic carbocycles. The minimum Gasteiger partial charge on any atom is -0.353 e. The third kappa shape index (κ3) is 2.81. The second-order valence-electron chi connectivity index (χ2n) is 4.74. The summed E-state index contributed by atoms with van der Waals surface area (Å²) in [6.07, 6.45) is 0.490. The highest BCUT2D eigenvalue weighted by Crippen LogP contribution is 2.17. The molecule has 2 unspecified atom stereocenters. The average Bonchev–Trinajstić information content (AvgIpc) is 2.69. The molecule has 2 N–H and O–H groups in total. The molecule has 0 aromatic heterocycles. The summed E-state index contributed by atoms with van der Waals surface area (Å²) in [7, 11) is -1.38. The zero-order valence-corrected chi connectivity index (χ0v) is 11.0. The molecule has 102 valence electrons. The van der Waals surface area contributed by atoms with Crippen molar-refractivity contribution < 1.29 is 18.0 Å². The molecule has 2 amide bonds. The number of carbonyl (C=O) groups excluding carboxylic acids is 2. The Morgan fingerprint density at radius 2 is 2.17 bits per heavy atom. The summed E-state index contributed by atoms with van der Waals surface area (Å²) in [4.78, 5) is 24.6. The van der Waals surface area contributed by atoms with E-state index in [9.17, 15) is 18.0 Å². The van der Waals surface area contributed by atoms with E-state index in [0.717, 1.165) is 0 Å². The van der Waals surface area contributed by atoms with Crippen LogP contribution in [0.5, 0.6) is 0 Å². The Kier molecular flexibility index (Phi) is 3.58. The number of likely N-dealkylation sites (N-methyl/N-ethyl adjacent to an activating group) is 1. The second-order valence-corrected chi connectivity index (χ2v) is 6.97. The first-order chi connectivity index (χ1) is 8.39. The lowest BCUT2D eigenvalue weighted by Gasteiger charge is -2.30. The van der Waals surface area contributed by atoms with Crippen LogP contribution in [0.15, 0.2) is 0 Å². The number of nitrogens with one attached hydrogen (secondary N) is 2. The normalized spacial score (nSPS) is 30.8.